The molecule has 1 aromatic heterocycles. The molecule has 1 saturated heterocycles. The molecule has 2 heterocycles. The number of aromatic hydroxyl groups is 1. The lowest BCUT2D eigenvalue weighted by Gasteiger charge is -2.32. The van der Waals surface area contributed by atoms with Crippen LogP contribution in [0.25, 0.3) is 0 Å². The predicted octanol–water partition coefficient (Wildman–Crippen LogP) is 1.39. The number of likely N-dealkylation sites (N-methyl/N-ethyl adjacent to an activating group) is 1. The lowest BCUT2D eigenvalue weighted by Crippen LogP contribution is -2.41. The third-order valence-electron chi connectivity index (χ3n) is 5.05. The number of aliphatic carboxylic acids is 1. The Kier molecular flexibility index (Phi) is 8.76. The molecule has 34 heavy (non-hydrogen) atoms. The number of rotatable bonds is 4. The molecule has 13 heteroatoms. The van der Waals surface area contributed by atoms with E-state index in [1.165, 1.54) is 16.5 Å². The van der Waals surface area contributed by atoms with E-state index in [0.29, 0.717) is 32.1 Å². The molecule has 0 aliphatic carbocycles. The van der Waals surface area contributed by atoms with Crippen LogP contribution in [0.4, 0.5) is 13.2 Å². The molecule has 1 aliphatic rings. The first-order valence-corrected chi connectivity index (χ1v) is 10.0. The number of morpholine rings is 1. The number of nitrogens with zero attached hydrogens (tertiary/aromatic N) is 4. The summed E-state index contributed by atoms with van der Waals surface area (Å²) in [5.41, 5.74) is 0.0678. The van der Waals surface area contributed by atoms with Crippen LogP contribution in [-0.4, -0.2) is 81.5 Å². The minimum atomic E-state index is -5.08. The van der Waals surface area contributed by atoms with Crippen molar-refractivity contribution in [3.05, 3.63) is 57.8 Å². The van der Waals surface area contributed by atoms with Crippen LogP contribution < -0.4 is 5.56 Å². The quantitative estimate of drug-likeness (QED) is 0.665. The molecule has 1 atom stereocenters. The van der Waals surface area contributed by atoms with Gasteiger partial charge in [-0.1, -0.05) is 30.3 Å². The lowest BCUT2D eigenvalue weighted by atomic mass is 10.2. The van der Waals surface area contributed by atoms with Crippen molar-refractivity contribution in [1.82, 2.24) is 19.4 Å². The van der Waals surface area contributed by atoms with Crippen molar-refractivity contribution < 1.29 is 37.7 Å². The van der Waals surface area contributed by atoms with Crippen molar-refractivity contribution in [2.24, 2.45) is 7.05 Å². The molecule has 0 saturated carbocycles. The van der Waals surface area contributed by atoms with Crippen LogP contribution in [0.3, 0.4) is 0 Å². The molecule has 1 amide bonds. The fourth-order valence-electron chi connectivity index (χ4n) is 3.12. The third-order valence-corrected chi connectivity index (χ3v) is 5.05. The fourth-order valence-corrected chi connectivity index (χ4v) is 3.12. The highest BCUT2D eigenvalue weighted by Crippen LogP contribution is 2.23. The van der Waals surface area contributed by atoms with Crippen molar-refractivity contribution in [3.8, 4) is 5.75 Å². The van der Waals surface area contributed by atoms with Crippen LogP contribution in [0.15, 0.2) is 35.1 Å². The van der Waals surface area contributed by atoms with E-state index < -0.39 is 29.4 Å². The van der Waals surface area contributed by atoms with Crippen LogP contribution in [0.1, 0.15) is 27.9 Å². The number of ether oxygens (including phenoxy) is 1. The molecular formula is C21H25F3N4O6. The highest BCUT2D eigenvalue weighted by molar-refractivity contribution is 5.94. The summed E-state index contributed by atoms with van der Waals surface area (Å²) in [6, 6.07) is 9.22. The van der Waals surface area contributed by atoms with Gasteiger partial charge >= 0.3 is 12.1 Å². The topological polar surface area (TPSA) is 125 Å². The van der Waals surface area contributed by atoms with Crippen LogP contribution >= 0.6 is 0 Å². The number of alkyl halides is 3. The molecule has 1 aromatic carbocycles. The first-order chi connectivity index (χ1) is 15.8. The highest BCUT2D eigenvalue weighted by Gasteiger charge is 2.38. The standard InChI is InChI=1S/C19H24N4O4.C2HF3O2/c1-21-9-10-27-12-14(21)17-20-15(16(24)19(26)23(17)3)18(25)22(2)11-13-7-5-4-6-8-13;3-2(4,5)1(6)7/h4-8,14,24H,9-12H2,1-3H3;(H,6,7). The van der Waals surface area contributed by atoms with E-state index in [0.717, 1.165) is 5.56 Å². The summed E-state index contributed by atoms with van der Waals surface area (Å²) in [6.45, 7) is 2.01. The third kappa shape index (κ3) is 6.54. The Bertz CT molecular complexity index is 1070. The van der Waals surface area contributed by atoms with Crippen LogP contribution in [0.5, 0.6) is 5.75 Å². The SMILES string of the molecule is CN(Cc1ccccc1)C(=O)c1nc(C2COCCN2C)n(C)c(=O)c1O.O=C(O)C(F)(F)F. The van der Waals surface area contributed by atoms with Gasteiger partial charge in [0.1, 0.15) is 5.82 Å². The summed E-state index contributed by atoms with van der Waals surface area (Å²) in [7, 11) is 5.06. The van der Waals surface area contributed by atoms with Crippen molar-refractivity contribution in [3.63, 3.8) is 0 Å². The molecule has 1 fully saturated rings. The first-order valence-electron chi connectivity index (χ1n) is 10.0. The molecular weight excluding hydrogens is 461 g/mol. The zero-order valence-corrected chi connectivity index (χ0v) is 18.7. The van der Waals surface area contributed by atoms with Gasteiger partial charge in [0, 0.05) is 27.2 Å². The molecule has 3 rings (SSSR count). The van der Waals surface area contributed by atoms with Crippen LogP contribution in [0.2, 0.25) is 0 Å². The zero-order valence-electron chi connectivity index (χ0n) is 18.7. The summed E-state index contributed by atoms with van der Waals surface area (Å²) < 4.78 is 38.5. The Morgan fingerprint density at radius 2 is 1.82 bits per heavy atom. The van der Waals surface area contributed by atoms with Crippen LogP contribution in [-0.2, 0) is 23.1 Å². The maximum absolute atomic E-state index is 12.9. The van der Waals surface area contributed by atoms with Gasteiger partial charge in [-0.15, -0.1) is 0 Å². The number of carboxylic acids is 1. The Labute approximate surface area is 192 Å². The summed E-state index contributed by atoms with van der Waals surface area (Å²) in [4.78, 5) is 42.1. The lowest BCUT2D eigenvalue weighted by molar-refractivity contribution is -0.192. The molecule has 0 radical (unpaired) electrons. The van der Waals surface area contributed by atoms with E-state index in [2.05, 4.69) is 4.98 Å². The highest BCUT2D eigenvalue weighted by atomic mass is 19.4. The second-order valence-corrected chi connectivity index (χ2v) is 7.55. The Morgan fingerprint density at radius 1 is 1.24 bits per heavy atom. The average Bonchev–Trinajstić information content (AvgIpc) is 2.78. The maximum Gasteiger partial charge on any atom is 0.490 e. The van der Waals surface area contributed by atoms with E-state index in [1.807, 2.05) is 42.3 Å². The van der Waals surface area contributed by atoms with E-state index in [9.17, 15) is 27.9 Å². The second-order valence-electron chi connectivity index (χ2n) is 7.55. The van der Waals surface area contributed by atoms with Crippen molar-refractivity contribution in [2.75, 3.05) is 33.9 Å². The normalized spacial score (nSPS) is 16.4. The van der Waals surface area contributed by atoms with E-state index in [4.69, 9.17) is 14.6 Å². The monoisotopic (exact) mass is 486 g/mol. The molecule has 10 nitrogen and oxygen atoms in total. The number of carbonyl (C=O) groups is 2. The van der Waals surface area contributed by atoms with Gasteiger partial charge in [-0.3, -0.25) is 19.1 Å². The summed E-state index contributed by atoms with van der Waals surface area (Å²) in [6.07, 6.45) is -5.08. The Hall–Kier alpha value is -3.45. The number of amides is 1. The molecule has 0 spiro atoms. The number of hydrogen-bond donors (Lipinski definition) is 2. The minimum absolute atomic E-state index is 0.231. The first kappa shape index (κ1) is 26.8. The molecule has 1 unspecified atom stereocenters. The summed E-state index contributed by atoms with van der Waals surface area (Å²) in [5.74, 6) is -3.50. The average molecular weight is 486 g/mol. The number of hydrogen-bond acceptors (Lipinski definition) is 7. The maximum atomic E-state index is 12.9. The number of halogens is 3. The van der Waals surface area contributed by atoms with E-state index in [1.54, 1.807) is 7.05 Å². The number of carboxylic acid groups (broad SMARTS) is 1. The van der Waals surface area contributed by atoms with Gasteiger partial charge in [0.2, 0.25) is 5.75 Å². The molecule has 0 bridgehead atoms. The summed E-state index contributed by atoms with van der Waals surface area (Å²) in [5, 5.41) is 17.4. The largest absolute Gasteiger partial charge is 0.501 e. The van der Waals surface area contributed by atoms with Crippen molar-refractivity contribution in [1.29, 1.82) is 0 Å². The number of carbonyl (C=O) groups excluding carboxylic acids is 1. The minimum Gasteiger partial charge on any atom is -0.501 e. The van der Waals surface area contributed by atoms with Gasteiger partial charge in [0.25, 0.3) is 11.5 Å². The van der Waals surface area contributed by atoms with Gasteiger partial charge in [-0.2, -0.15) is 13.2 Å². The number of aromatic nitrogens is 2. The van der Waals surface area contributed by atoms with E-state index in [-0.39, 0.29) is 11.7 Å². The molecule has 186 valence electrons. The smallest absolute Gasteiger partial charge is 0.490 e. The van der Waals surface area contributed by atoms with E-state index >= 15 is 0 Å². The molecule has 2 aromatic rings. The Balaban J connectivity index is 0.000000509. The van der Waals surface area contributed by atoms with Gasteiger partial charge in [-0.25, -0.2) is 9.78 Å². The van der Waals surface area contributed by atoms with Gasteiger partial charge in [0.15, 0.2) is 5.69 Å². The summed E-state index contributed by atoms with van der Waals surface area (Å²) >= 11 is 0. The Morgan fingerprint density at radius 3 is 2.35 bits per heavy atom. The zero-order chi connectivity index (χ0) is 25.6. The van der Waals surface area contributed by atoms with Gasteiger partial charge in [0.05, 0.1) is 19.3 Å². The van der Waals surface area contributed by atoms with Crippen LogP contribution in [0, 0.1) is 0 Å². The van der Waals surface area contributed by atoms with Gasteiger partial charge in [-0.05, 0) is 12.6 Å². The number of benzene rings is 1. The van der Waals surface area contributed by atoms with Gasteiger partial charge < -0.3 is 19.8 Å². The van der Waals surface area contributed by atoms with Crippen molar-refractivity contribution in [2.45, 2.75) is 18.8 Å². The molecule has 2 N–H and O–H groups in total. The second kappa shape index (κ2) is 11.1. The molecule has 1 aliphatic heterocycles. The fraction of sp³-hybridized carbons (Fsp3) is 0.429. The predicted molar refractivity (Wildman–Crippen MR) is 113 cm³/mol. The van der Waals surface area contributed by atoms with Crippen molar-refractivity contribution >= 4 is 11.9 Å².